The highest BCUT2D eigenvalue weighted by atomic mass is 32.2. The largest absolute Gasteiger partial charge is 0.341 e. The number of rotatable bonds is 6. The molecule has 22 heavy (non-hydrogen) atoms. The maximum Gasteiger partial charge on any atom is 0.256 e. The molecule has 120 valence electrons. The molecule has 1 aromatic rings. The fourth-order valence-corrected chi connectivity index (χ4v) is 3.02. The average molecular weight is 327 g/mol. The van der Waals surface area contributed by atoms with Crippen LogP contribution in [0.3, 0.4) is 0 Å². The predicted octanol–water partition coefficient (Wildman–Crippen LogP) is 1.50. The van der Waals surface area contributed by atoms with Crippen LogP contribution in [0, 0.1) is 17.1 Å². The van der Waals surface area contributed by atoms with Crippen LogP contribution in [0.25, 0.3) is 0 Å². The molecule has 0 atom stereocenters. The van der Waals surface area contributed by atoms with Gasteiger partial charge in [0.25, 0.3) is 5.91 Å². The summed E-state index contributed by atoms with van der Waals surface area (Å²) in [6.45, 7) is 3.45. The minimum absolute atomic E-state index is 0.108. The minimum Gasteiger partial charge on any atom is -0.341 e. The summed E-state index contributed by atoms with van der Waals surface area (Å²) in [4.78, 5) is 13.1. The fraction of sp³-hybridized carbons (Fsp3) is 0.429. The molecule has 0 bridgehead atoms. The highest BCUT2D eigenvalue weighted by Gasteiger charge is 2.21. The molecule has 0 aliphatic carbocycles. The van der Waals surface area contributed by atoms with Crippen molar-refractivity contribution in [3.05, 3.63) is 29.6 Å². The molecule has 0 fully saturated rings. The van der Waals surface area contributed by atoms with E-state index >= 15 is 0 Å². The Kier molecular flexibility index (Phi) is 6.02. The smallest absolute Gasteiger partial charge is 0.256 e. The molecule has 6 nitrogen and oxygen atoms in total. The normalized spacial score (nSPS) is 11.3. The highest BCUT2D eigenvalue weighted by molar-refractivity contribution is 7.89. The standard InChI is InChI=1S/C14H18FN3O3S/c1-10(2)17-22(20,21)11-5-6-13(15)12(9-11)14(19)18(3)8-4-7-16/h5-6,9-10,17H,4,8H2,1-3H3. The van der Waals surface area contributed by atoms with Crippen molar-refractivity contribution < 1.29 is 17.6 Å². The van der Waals surface area contributed by atoms with Gasteiger partial charge in [-0.2, -0.15) is 5.26 Å². The van der Waals surface area contributed by atoms with Gasteiger partial charge in [0.1, 0.15) is 5.82 Å². The number of benzene rings is 1. The Hall–Kier alpha value is -1.98. The van der Waals surface area contributed by atoms with Crippen LogP contribution >= 0.6 is 0 Å². The van der Waals surface area contributed by atoms with Gasteiger partial charge >= 0.3 is 0 Å². The predicted molar refractivity (Wildman–Crippen MR) is 79.0 cm³/mol. The van der Waals surface area contributed by atoms with Crippen LogP contribution < -0.4 is 4.72 Å². The quantitative estimate of drug-likeness (QED) is 0.857. The van der Waals surface area contributed by atoms with Gasteiger partial charge in [-0.25, -0.2) is 17.5 Å². The molecular formula is C14H18FN3O3S. The second-order valence-electron chi connectivity index (χ2n) is 5.05. The second kappa shape index (κ2) is 7.33. The number of nitrogens with one attached hydrogen (secondary N) is 1. The van der Waals surface area contributed by atoms with E-state index in [4.69, 9.17) is 5.26 Å². The third-order valence-corrected chi connectivity index (χ3v) is 4.43. The van der Waals surface area contributed by atoms with Crippen molar-refractivity contribution in [2.24, 2.45) is 0 Å². The van der Waals surface area contributed by atoms with E-state index in [1.807, 2.05) is 6.07 Å². The number of halogens is 1. The van der Waals surface area contributed by atoms with Crippen LogP contribution in [0.2, 0.25) is 0 Å². The van der Waals surface area contributed by atoms with E-state index in [0.29, 0.717) is 0 Å². The summed E-state index contributed by atoms with van der Waals surface area (Å²) >= 11 is 0. The van der Waals surface area contributed by atoms with E-state index in [9.17, 15) is 17.6 Å². The molecule has 0 heterocycles. The molecule has 0 saturated heterocycles. The zero-order valence-electron chi connectivity index (χ0n) is 12.6. The van der Waals surface area contributed by atoms with Gasteiger partial charge in [-0.05, 0) is 32.0 Å². The molecule has 0 aromatic heterocycles. The molecular weight excluding hydrogens is 309 g/mol. The lowest BCUT2D eigenvalue weighted by atomic mass is 10.2. The molecule has 0 aliphatic heterocycles. The Balaban J connectivity index is 3.15. The maximum atomic E-state index is 13.8. The molecule has 0 aliphatic rings. The van der Waals surface area contributed by atoms with Crippen molar-refractivity contribution in [3.8, 4) is 6.07 Å². The lowest BCUT2D eigenvalue weighted by Gasteiger charge is -2.17. The Bertz CT molecular complexity index is 696. The summed E-state index contributed by atoms with van der Waals surface area (Å²) in [6.07, 6.45) is 0.108. The number of nitrogens with zero attached hydrogens (tertiary/aromatic N) is 2. The van der Waals surface area contributed by atoms with E-state index < -0.39 is 21.7 Å². The molecule has 0 spiro atoms. The van der Waals surface area contributed by atoms with Gasteiger partial charge in [0, 0.05) is 19.6 Å². The molecule has 0 unspecified atom stereocenters. The van der Waals surface area contributed by atoms with E-state index in [0.717, 1.165) is 18.2 Å². The van der Waals surface area contributed by atoms with Crippen molar-refractivity contribution in [1.82, 2.24) is 9.62 Å². The lowest BCUT2D eigenvalue weighted by molar-refractivity contribution is 0.0793. The zero-order chi connectivity index (χ0) is 16.9. The SMILES string of the molecule is CC(C)NS(=O)(=O)c1ccc(F)c(C(=O)N(C)CCC#N)c1. The molecule has 1 amide bonds. The summed E-state index contributed by atoms with van der Waals surface area (Å²) in [5, 5.41) is 8.51. The Labute approximate surface area is 129 Å². The molecule has 1 rings (SSSR count). The van der Waals surface area contributed by atoms with Crippen LogP contribution in [0.4, 0.5) is 4.39 Å². The molecule has 1 aromatic carbocycles. The van der Waals surface area contributed by atoms with Crippen LogP contribution in [-0.4, -0.2) is 38.9 Å². The second-order valence-corrected chi connectivity index (χ2v) is 6.77. The van der Waals surface area contributed by atoms with E-state index in [2.05, 4.69) is 4.72 Å². The Morgan fingerprint density at radius 2 is 2.09 bits per heavy atom. The van der Waals surface area contributed by atoms with Gasteiger partial charge in [-0.3, -0.25) is 4.79 Å². The number of amides is 1. The van der Waals surface area contributed by atoms with Crippen LogP contribution in [-0.2, 0) is 10.0 Å². The van der Waals surface area contributed by atoms with E-state index in [-0.39, 0.29) is 29.5 Å². The maximum absolute atomic E-state index is 13.8. The Morgan fingerprint density at radius 1 is 1.45 bits per heavy atom. The summed E-state index contributed by atoms with van der Waals surface area (Å²) in [6, 6.07) is 4.61. The van der Waals surface area contributed by atoms with Gasteiger partial charge in [-0.15, -0.1) is 0 Å². The molecule has 1 N–H and O–H groups in total. The van der Waals surface area contributed by atoms with Gasteiger partial charge in [0.2, 0.25) is 10.0 Å². The van der Waals surface area contributed by atoms with Crippen molar-refractivity contribution in [2.75, 3.05) is 13.6 Å². The van der Waals surface area contributed by atoms with Gasteiger partial charge in [-0.1, -0.05) is 0 Å². The number of hydrogen-bond acceptors (Lipinski definition) is 4. The van der Waals surface area contributed by atoms with E-state index in [1.165, 1.54) is 11.9 Å². The topological polar surface area (TPSA) is 90.3 Å². The molecule has 0 saturated carbocycles. The highest BCUT2D eigenvalue weighted by Crippen LogP contribution is 2.17. The van der Waals surface area contributed by atoms with Gasteiger partial charge in [0.15, 0.2) is 0 Å². The minimum atomic E-state index is -3.81. The number of carbonyl (C=O) groups excluding carboxylic acids is 1. The lowest BCUT2D eigenvalue weighted by Crippen LogP contribution is -2.31. The third kappa shape index (κ3) is 4.51. The van der Waals surface area contributed by atoms with Crippen LogP contribution in [0.5, 0.6) is 0 Å². The number of carbonyl (C=O) groups is 1. The third-order valence-electron chi connectivity index (χ3n) is 2.78. The fourth-order valence-electron chi connectivity index (χ4n) is 1.74. The monoisotopic (exact) mass is 327 g/mol. The van der Waals surface area contributed by atoms with Crippen molar-refractivity contribution >= 4 is 15.9 Å². The first-order valence-electron chi connectivity index (χ1n) is 6.63. The average Bonchev–Trinajstić information content (AvgIpc) is 2.42. The van der Waals surface area contributed by atoms with Crippen molar-refractivity contribution in [2.45, 2.75) is 31.2 Å². The first-order chi connectivity index (χ1) is 10.2. The first-order valence-corrected chi connectivity index (χ1v) is 8.11. The Morgan fingerprint density at radius 3 is 2.64 bits per heavy atom. The van der Waals surface area contributed by atoms with Crippen LogP contribution in [0.1, 0.15) is 30.6 Å². The summed E-state index contributed by atoms with van der Waals surface area (Å²) < 4.78 is 40.3. The number of sulfonamides is 1. The first kappa shape index (κ1) is 18.1. The molecule has 0 radical (unpaired) electrons. The summed E-state index contributed by atoms with van der Waals surface area (Å²) in [5.41, 5.74) is -0.341. The molecule has 8 heteroatoms. The van der Waals surface area contributed by atoms with Gasteiger partial charge < -0.3 is 4.90 Å². The summed E-state index contributed by atoms with van der Waals surface area (Å²) in [7, 11) is -2.39. The summed E-state index contributed by atoms with van der Waals surface area (Å²) in [5.74, 6) is -1.48. The van der Waals surface area contributed by atoms with Crippen molar-refractivity contribution in [1.29, 1.82) is 5.26 Å². The van der Waals surface area contributed by atoms with Crippen LogP contribution in [0.15, 0.2) is 23.1 Å². The number of hydrogen-bond donors (Lipinski definition) is 1. The van der Waals surface area contributed by atoms with Crippen molar-refractivity contribution in [3.63, 3.8) is 0 Å². The number of nitriles is 1. The zero-order valence-corrected chi connectivity index (χ0v) is 13.4. The van der Waals surface area contributed by atoms with E-state index in [1.54, 1.807) is 13.8 Å². The van der Waals surface area contributed by atoms with Gasteiger partial charge in [0.05, 0.1) is 22.9 Å².